The Morgan fingerprint density at radius 1 is 0.943 bits per heavy atom. The van der Waals surface area contributed by atoms with Crippen molar-refractivity contribution in [2.24, 2.45) is 0 Å². The molecule has 0 aliphatic carbocycles. The maximum atomic E-state index is 13.0. The summed E-state index contributed by atoms with van der Waals surface area (Å²) in [5, 5.41) is 20.9. The van der Waals surface area contributed by atoms with E-state index in [-0.39, 0.29) is 10.5 Å². The summed E-state index contributed by atoms with van der Waals surface area (Å²) in [4.78, 5) is 23.6. The predicted octanol–water partition coefficient (Wildman–Crippen LogP) is 3.91. The minimum Gasteiger partial charge on any atom is -0.480 e. The van der Waals surface area contributed by atoms with Crippen LogP contribution in [-0.2, 0) is 14.8 Å². The molecule has 0 spiro atoms. The van der Waals surface area contributed by atoms with Crippen LogP contribution in [0.15, 0.2) is 59.5 Å². The molecule has 1 unspecified atom stereocenters. The molecule has 0 aliphatic rings. The average Bonchev–Trinajstić information content (AvgIpc) is 2.79. The first-order valence-electron chi connectivity index (χ1n) is 10.6. The number of amides is 1. The summed E-state index contributed by atoms with van der Waals surface area (Å²) >= 11 is 6.10. The Bertz CT molecular complexity index is 1410. The number of anilines is 1. The van der Waals surface area contributed by atoms with E-state index in [9.17, 15) is 18.0 Å². The Morgan fingerprint density at radius 2 is 1.63 bits per heavy atom. The van der Waals surface area contributed by atoms with Gasteiger partial charge in [-0.2, -0.15) is 0 Å². The second kappa shape index (κ2) is 10.5. The highest BCUT2D eigenvalue weighted by Gasteiger charge is 2.21. The van der Waals surface area contributed by atoms with Crippen molar-refractivity contribution in [3.63, 3.8) is 0 Å². The summed E-state index contributed by atoms with van der Waals surface area (Å²) in [6.07, 6.45) is 0. The maximum absolute atomic E-state index is 13.0. The summed E-state index contributed by atoms with van der Waals surface area (Å²) in [6, 6.07) is 13.5. The number of benzene rings is 3. The van der Waals surface area contributed by atoms with E-state index in [4.69, 9.17) is 21.8 Å². The third kappa shape index (κ3) is 6.00. The van der Waals surface area contributed by atoms with Crippen LogP contribution in [0.2, 0.25) is 5.02 Å². The average molecular weight is 517 g/mol. The highest BCUT2D eigenvalue weighted by atomic mass is 35.5. The molecule has 1 atom stereocenters. The molecule has 4 N–H and O–H groups in total. The van der Waals surface area contributed by atoms with Gasteiger partial charge in [-0.15, -0.1) is 0 Å². The third-order valence-corrected chi connectivity index (χ3v) is 7.38. The molecular formula is C25H25ClN2O6S. The molecule has 3 aromatic carbocycles. The smallest absolute Gasteiger partial charge is 0.328 e. The largest absolute Gasteiger partial charge is 0.480 e. The Kier molecular flexibility index (Phi) is 7.84. The number of sulfonamides is 1. The molecule has 0 aliphatic heterocycles. The fraction of sp³-hybridized carbons (Fsp3) is 0.200. The molecule has 3 rings (SSSR count). The fourth-order valence-corrected chi connectivity index (χ4v) is 5.12. The molecule has 35 heavy (non-hydrogen) atoms. The predicted molar refractivity (Wildman–Crippen MR) is 134 cm³/mol. The molecule has 1 amide bonds. The fourth-order valence-electron chi connectivity index (χ4n) is 3.54. The number of aryl methyl sites for hydroxylation is 3. The number of nitrogens with one attached hydrogen (secondary N) is 2. The van der Waals surface area contributed by atoms with Crippen LogP contribution in [0.5, 0.6) is 0 Å². The number of halogens is 1. The van der Waals surface area contributed by atoms with Crippen LogP contribution in [0, 0.1) is 20.8 Å². The summed E-state index contributed by atoms with van der Waals surface area (Å²) in [5.41, 5.74) is 3.83. The summed E-state index contributed by atoms with van der Waals surface area (Å²) in [5.74, 6) is -1.95. The molecule has 0 saturated heterocycles. The van der Waals surface area contributed by atoms with Gasteiger partial charge in [-0.3, -0.25) is 9.52 Å². The molecule has 8 nitrogen and oxygen atoms in total. The van der Waals surface area contributed by atoms with E-state index in [2.05, 4.69) is 10.0 Å². The van der Waals surface area contributed by atoms with E-state index in [1.165, 1.54) is 6.07 Å². The molecule has 10 heteroatoms. The molecule has 0 bridgehead atoms. The van der Waals surface area contributed by atoms with E-state index in [0.717, 1.165) is 5.56 Å². The third-order valence-electron chi connectivity index (χ3n) is 5.45. The van der Waals surface area contributed by atoms with Gasteiger partial charge in [-0.25, -0.2) is 13.2 Å². The van der Waals surface area contributed by atoms with Gasteiger partial charge in [0.15, 0.2) is 6.04 Å². The van der Waals surface area contributed by atoms with Gasteiger partial charge in [-0.05, 0) is 78.9 Å². The molecule has 0 aromatic heterocycles. The number of carboxylic acids is 1. The number of hydrogen-bond donors (Lipinski definition) is 4. The lowest BCUT2D eigenvalue weighted by Gasteiger charge is -2.15. The monoisotopic (exact) mass is 516 g/mol. The van der Waals surface area contributed by atoms with Crippen LogP contribution >= 0.6 is 11.6 Å². The summed E-state index contributed by atoms with van der Waals surface area (Å²) < 4.78 is 28.6. The van der Waals surface area contributed by atoms with Crippen molar-refractivity contribution >= 4 is 39.2 Å². The molecular weight excluding hydrogens is 492 g/mol. The number of carbonyl (C=O) groups is 2. The minimum absolute atomic E-state index is 0.138. The van der Waals surface area contributed by atoms with Gasteiger partial charge in [0, 0.05) is 16.3 Å². The van der Waals surface area contributed by atoms with Crippen molar-refractivity contribution in [2.45, 2.75) is 31.7 Å². The van der Waals surface area contributed by atoms with Crippen LogP contribution in [0.1, 0.15) is 27.0 Å². The highest BCUT2D eigenvalue weighted by Crippen LogP contribution is 2.28. The SMILES string of the molecule is Cc1cc(S(=O)(=O)Nc2cccc(-c3ccc(C(=O)NC(CO)C(=O)O)c(C)c3)c2)c(C)cc1Cl. The zero-order valence-electron chi connectivity index (χ0n) is 19.3. The summed E-state index contributed by atoms with van der Waals surface area (Å²) in [6.45, 7) is 4.39. The molecule has 0 heterocycles. The number of aliphatic hydroxyl groups excluding tert-OH is 1. The zero-order chi connectivity index (χ0) is 25.9. The van der Waals surface area contributed by atoms with Crippen molar-refractivity contribution < 1.29 is 28.2 Å². The quantitative estimate of drug-likeness (QED) is 0.359. The van der Waals surface area contributed by atoms with Gasteiger partial charge < -0.3 is 15.5 Å². The van der Waals surface area contributed by atoms with Gasteiger partial charge in [0.1, 0.15) is 0 Å². The highest BCUT2D eigenvalue weighted by molar-refractivity contribution is 7.92. The number of hydrogen-bond acceptors (Lipinski definition) is 5. The van der Waals surface area contributed by atoms with Gasteiger partial charge >= 0.3 is 5.97 Å². The Balaban J connectivity index is 1.86. The normalized spacial score (nSPS) is 12.1. The van der Waals surface area contributed by atoms with Crippen LogP contribution < -0.4 is 10.0 Å². The lowest BCUT2D eigenvalue weighted by Crippen LogP contribution is -2.43. The Labute approximate surface area is 208 Å². The number of aliphatic carboxylic acids is 1. The lowest BCUT2D eigenvalue weighted by atomic mass is 9.99. The van der Waals surface area contributed by atoms with Crippen molar-refractivity contribution in [1.29, 1.82) is 0 Å². The van der Waals surface area contributed by atoms with Gasteiger partial charge in [-0.1, -0.05) is 35.9 Å². The Morgan fingerprint density at radius 3 is 2.26 bits per heavy atom. The second-order valence-corrected chi connectivity index (χ2v) is 10.2. The molecule has 0 fully saturated rings. The zero-order valence-corrected chi connectivity index (χ0v) is 20.9. The van der Waals surface area contributed by atoms with Crippen molar-refractivity contribution in [3.8, 4) is 11.1 Å². The molecule has 184 valence electrons. The van der Waals surface area contributed by atoms with E-state index < -0.39 is 34.5 Å². The van der Waals surface area contributed by atoms with Gasteiger partial charge in [0.2, 0.25) is 0 Å². The lowest BCUT2D eigenvalue weighted by molar-refractivity contribution is -0.140. The maximum Gasteiger partial charge on any atom is 0.328 e. The Hall–Kier alpha value is -3.40. The van der Waals surface area contributed by atoms with E-state index in [1.807, 2.05) is 0 Å². The van der Waals surface area contributed by atoms with Crippen LogP contribution in [0.25, 0.3) is 11.1 Å². The van der Waals surface area contributed by atoms with Crippen LogP contribution in [0.3, 0.4) is 0 Å². The number of carboxylic acid groups (broad SMARTS) is 1. The first kappa shape index (κ1) is 26.2. The van der Waals surface area contributed by atoms with Crippen molar-refractivity contribution in [3.05, 3.63) is 81.9 Å². The van der Waals surface area contributed by atoms with Gasteiger partial charge in [0.25, 0.3) is 15.9 Å². The van der Waals surface area contributed by atoms with E-state index in [1.54, 1.807) is 69.3 Å². The van der Waals surface area contributed by atoms with Crippen molar-refractivity contribution in [1.82, 2.24) is 5.32 Å². The van der Waals surface area contributed by atoms with Crippen molar-refractivity contribution in [2.75, 3.05) is 11.3 Å². The van der Waals surface area contributed by atoms with Crippen LogP contribution in [0.4, 0.5) is 5.69 Å². The standard InChI is InChI=1S/C25H25ClN2O6S/c1-14-9-18(7-8-20(14)24(30)27-22(13-29)25(31)32)17-5-4-6-19(12-17)28-35(33,34)23-11-15(2)21(26)10-16(23)3/h4-12,22,28-29H,13H2,1-3H3,(H,27,30)(H,31,32). The number of carbonyl (C=O) groups excluding carboxylic acids is 1. The molecule has 0 saturated carbocycles. The van der Waals surface area contributed by atoms with E-state index >= 15 is 0 Å². The minimum atomic E-state index is -3.86. The first-order chi connectivity index (χ1) is 16.4. The number of aliphatic hydroxyl groups is 1. The second-order valence-electron chi connectivity index (χ2n) is 8.13. The topological polar surface area (TPSA) is 133 Å². The molecule has 3 aromatic rings. The van der Waals surface area contributed by atoms with Gasteiger partial charge in [0.05, 0.1) is 11.5 Å². The first-order valence-corrected chi connectivity index (χ1v) is 12.4. The summed E-state index contributed by atoms with van der Waals surface area (Å²) in [7, 11) is -3.86. The molecule has 0 radical (unpaired) electrons. The van der Waals surface area contributed by atoms with E-state index in [0.29, 0.717) is 33.0 Å². The van der Waals surface area contributed by atoms with Crippen LogP contribution in [-0.4, -0.2) is 43.2 Å². The number of rotatable bonds is 8.